The van der Waals surface area contributed by atoms with E-state index in [4.69, 9.17) is 10.5 Å². The number of benzene rings is 1. The van der Waals surface area contributed by atoms with Crippen LogP contribution in [0.1, 0.15) is 25.8 Å². The van der Waals surface area contributed by atoms with Crippen molar-refractivity contribution in [2.24, 2.45) is 5.73 Å². The highest BCUT2D eigenvalue weighted by molar-refractivity contribution is 5.81. The molecule has 0 aliphatic carbocycles. The number of hydrogen-bond donors (Lipinski definition) is 2. The quantitative estimate of drug-likeness (QED) is 0.806. The van der Waals surface area contributed by atoms with E-state index in [9.17, 15) is 4.79 Å². The van der Waals surface area contributed by atoms with Crippen molar-refractivity contribution < 1.29 is 9.53 Å². The average molecular weight is 250 g/mol. The average Bonchev–Trinajstić information content (AvgIpc) is 2.37. The first kappa shape index (κ1) is 14.5. The minimum atomic E-state index is -0.438. The van der Waals surface area contributed by atoms with Crippen LogP contribution >= 0.6 is 0 Å². The maximum absolute atomic E-state index is 11.5. The van der Waals surface area contributed by atoms with Crippen LogP contribution in [0, 0.1) is 6.92 Å². The zero-order valence-electron chi connectivity index (χ0n) is 11.3. The van der Waals surface area contributed by atoms with Gasteiger partial charge in [-0.15, -0.1) is 0 Å². The van der Waals surface area contributed by atoms with Gasteiger partial charge in [0.15, 0.2) is 0 Å². The molecule has 0 saturated heterocycles. The van der Waals surface area contributed by atoms with Gasteiger partial charge in [-0.3, -0.25) is 4.79 Å². The molecule has 4 heteroatoms. The van der Waals surface area contributed by atoms with Gasteiger partial charge in [0.2, 0.25) is 5.91 Å². The molecular weight excluding hydrogens is 228 g/mol. The van der Waals surface area contributed by atoms with E-state index in [1.54, 1.807) is 0 Å². The van der Waals surface area contributed by atoms with Crippen LogP contribution in [0.15, 0.2) is 24.3 Å². The number of nitrogens with two attached hydrogens (primary N) is 1. The number of carbonyl (C=O) groups excluding carboxylic acids is 1. The van der Waals surface area contributed by atoms with Crippen LogP contribution in [0.4, 0.5) is 0 Å². The molecule has 0 aromatic heterocycles. The van der Waals surface area contributed by atoms with Gasteiger partial charge in [0.1, 0.15) is 12.4 Å². The number of carbonyl (C=O) groups is 1. The molecule has 2 atom stereocenters. The van der Waals surface area contributed by atoms with Crippen molar-refractivity contribution in [2.45, 2.75) is 39.3 Å². The van der Waals surface area contributed by atoms with Crippen molar-refractivity contribution >= 4 is 5.91 Å². The van der Waals surface area contributed by atoms with Gasteiger partial charge in [0.25, 0.3) is 0 Å². The minimum absolute atomic E-state index is 0.0589. The zero-order chi connectivity index (χ0) is 13.5. The Kier molecular flexibility index (Phi) is 5.65. The van der Waals surface area contributed by atoms with Crippen LogP contribution in [0.3, 0.4) is 0 Å². The van der Waals surface area contributed by atoms with Crippen molar-refractivity contribution in [3.8, 4) is 5.75 Å². The minimum Gasteiger partial charge on any atom is -0.491 e. The third-order valence-corrected chi connectivity index (χ3v) is 2.69. The molecule has 0 heterocycles. The summed E-state index contributed by atoms with van der Waals surface area (Å²) in [7, 11) is 0. The first-order chi connectivity index (χ1) is 8.52. The van der Waals surface area contributed by atoms with E-state index in [0.29, 0.717) is 13.0 Å². The largest absolute Gasteiger partial charge is 0.491 e. The number of hydrogen-bond acceptors (Lipinski definition) is 3. The van der Waals surface area contributed by atoms with E-state index >= 15 is 0 Å². The topological polar surface area (TPSA) is 64.4 Å². The van der Waals surface area contributed by atoms with Gasteiger partial charge in [-0.2, -0.15) is 0 Å². The summed E-state index contributed by atoms with van der Waals surface area (Å²) in [6.07, 6.45) is 0.636. The first-order valence-electron chi connectivity index (χ1n) is 6.28. The summed E-state index contributed by atoms with van der Waals surface area (Å²) in [5.41, 5.74) is 6.83. The van der Waals surface area contributed by atoms with Crippen LogP contribution < -0.4 is 15.8 Å². The monoisotopic (exact) mass is 250 g/mol. The Morgan fingerprint density at radius 1 is 1.39 bits per heavy atom. The molecule has 1 amide bonds. The maximum atomic E-state index is 11.5. The van der Waals surface area contributed by atoms with E-state index in [0.717, 1.165) is 5.75 Å². The standard InChI is InChI=1S/C14H22N2O2/c1-4-13(15)14(17)16-11(3)9-18-12-7-5-10(2)6-8-12/h5-8,11,13H,4,9,15H2,1-3H3,(H,16,17)/t11?,13-/m1/s1. The molecule has 0 aliphatic heterocycles. The van der Waals surface area contributed by atoms with Crippen molar-refractivity contribution in [1.82, 2.24) is 5.32 Å². The summed E-state index contributed by atoms with van der Waals surface area (Å²) >= 11 is 0. The van der Waals surface area contributed by atoms with Crippen LogP contribution in [0.2, 0.25) is 0 Å². The first-order valence-corrected chi connectivity index (χ1v) is 6.28. The second-order valence-electron chi connectivity index (χ2n) is 4.55. The lowest BCUT2D eigenvalue weighted by atomic mass is 10.2. The van der Waals surface area contributed by atoms with Crippen molar-refractivity contribution in [3.63, 3.8) is 0 Å². The normalized spacial score (nSPS) is 13.8. The summed E-state index contributed by atoms with van der Waals surface area (Å²) in [6.45, 7) is 6.25. The Hall–Kier alpha value is -1.55. The fraction of sp³-hybridized carbons (Fsp3) is 0.500. The third kappa shape index (κ3) is 4.75. The molecule has 0 fully saturated rings. The molecule has 3 N–H and O–H groups in total. The molecule has 0 radical (unpaired) electrons. The fourth-order valence-electron chi connectivity index (χ4n) is 1.43. The number of rotatable bonds is 6. The fourth-order valence-corrected chi connectivity index (χ4v) is 1.43. The van der Waals surface area contributed by atoms with E-state index in [1.807, 2.05) is 45.0 Å². The molecule has 0 spiro atoms. The Labute approximate surface area is 109 Å². The molecule has 1 unspecified atom stereocenters. The van der Waals surface area contributed by atoms with Gasteiger partial charge in [-0.05, 0) is 32.4 Å². The number of amides is 1. The lowest BCUT2D eigenvalue weighted by molar-refractivity contribution is -0.123. The van der Waals surface area contributed by atoms with Gasteiger partial charge in [-0.1, -0.05) is 24.6 Å². The highest BCUT2D eigenvalue weighted by Gasteiger charge is 2.13. The SMILES string of the molecule is CC[C@@H](N)C(=O)NC(C)COc1ccc(C)cc1. The Morgan fingerprint density at radius 2 is 2.00 bits per heavy atom. The predicted molar refractivity (Wildman–Crippen MR) is 72.5 cm³/mol. The smallest absolute Gasteiger partial charge is 0.237 e. The summed E-state index contributed by atoms with van der Waals surface area (Å²) in [5, 5.41) is 2.82. The van der Waals surface area contributed by atoms with Crippen LogP contribution in [-0.2, 0) is 4.79 Å². The zero-order valence-corrected chi connectivity index (χ0v) is 11.3. The lowest BCUT2D eigenvalue weighted by Crippen LogP contribution is -2.45. The second-order valence-corrected chi connectivity index (χ2v) is 4.55. The van der Waals surface area contributed by atoms with E-state index in [2.05, 4.69) is 5.32 Å². The molecule has 1 rings (SSSR count). The molecule has 18 heavy (non-hydrogen) atoms. The van der Waals surface area contributed by atoms with Crippen molar-refractivity contribution in [2.75, 3.05) is 6.61 Å². The molecular formula is C14H22N2O2. The van der Waals surface area contributed by atoms with Gasteiger partial charge in [0, 0.05) is 0 Å². The van der Waals surface area contributed by atoms with Gasteiger partial charge in [0.05, 0.1) is 12.1 Å². The molecule has 100 valence electrons. The van der Waals surface area contributed by atoms with E-state index in [1.165, 1.54) is 5.56 Å². The van der Waals surface area contributed by atoms with E-state index < -0.39 is 6.04 Å². The number of aryl methyl sites for hydroxylation is 1. The number of nitrogens with one attached hydrogen (secondary N) is 1. The highest BCUT2D eigenvalue weighted by atomic mass is 16.5. The predicted octanol–water partition coefficient (Wildman–Crippen LogP) is 1.62. The molecule has 0 aliphatic rings. The van der Waals surface area contributed by atoms with E-state index in [-0.39, 0.29) is 11.9 Å². The summed E-state index contributed by atoms with van der Waals surface area (Å²) in [5.74, 6) is 0.680. The highest BCUT2D eigenvalue weighted by Crippen LogP contribution is 2.11. The lowest BCUT2D eigenvalue weighted by Gasteiger charge is -2.17. The Balaban J connectivity index is 2.35. The summed E-state index contributed by atoms with van der Waals surface area (Å²) in [6, 6.07) is 7.32. The Morgan fingerprint density at radius 3 is 2.56 bits per heavy atom. The summed E-state index contributed by atoms with van der Waals surface area (Å²) < 4.78 is 5.58. The molecule has 0 saturated carbocycles. The second kappa shape index (κ2) is 7.01. The van der Waals surface area contributed by atoms with Crippen molar-refractivity contribution in [1.29, 1.82) is 0 Å². The molecule has 1 aromatic rings. The van der Waals surface area contributed by atoms with Gasteiger partial charge >= 0.3 is 0 Å². The van der Waals surface area contributed by atoms with Crippen LogP contribution in [-0.4, -0.2) is 24.6 Å². The molecule has 1 aromatic carbocycles. The van der Waals surface area contributed by atoms with Crippen LogP contribution in [0.5, 0.6) is 5.75 Å². The molecule has 0 bridgehead atoms. The summed E-state index contributed by atoms with van der Waals surface area (Å²) in [4.78, 5) is 11.5. The van der Waals surface area contributed by atoms with Gasteiger partial charge < -0.3 is 15.8 Å². The number of ether oxygens (including phenoxy) is 1. The third-order valence-electron chi connectivity index (χ3n) is 2.69. The molecule has 4 nitrogen and oxygen atoms in total. The Bertz CT molecular complexity index is 376. The van der Waals surface area contributed by atoms with Crippen molar-refractivity contribution in [3.05, 3.63) is 29.8 Å². The van der Waals surface area contributed by atoms with Crippen LogP contribution in [0.25, 0.3) is 0 Å². The maximum Gasteiger partial charge on any atom is 0.237 e. The van der Waals surface area contributed by atoms with Gasteiger partial charge in [-0.25, -0.2) is 0 Å².